The Bertz CT molecular complexity index is 1210. The van der Waals surface area contributed by atoms with Crippen molar-refractivity contribution in [1.29, 1.82) is 0 Å². The van der Waals surface area contributed by atoms with E-state index >= 15 is 0 Å². The first-order valence-corrected chi connectivity index (χ1v) is 9.05. The molecule has 0 aliphatic heterocycles. The van der Waals surface area contributed by atoms with Gasteiger partial charge >= 0.3 is 0 Å². The first-order valence-electron chi connectivity index (χ1n) is 9.05. The Labute approximate surface area is 164 Å². The number of halogens is 1. The summed E-state index contributed by atoms with van der Waals surface area (Å²) in [6, 6.07) is 15.0. The van der Waals surface area contributed by atoms with E-state index in [4.69, 9.17) is 4.52 Å². The number of fused-ring (bicyclic) bond motifs is 1. The summed E-state index contributed by atoms with van der Waals surface area (Å²) < 4.78 is 18.1. The number of hydrogen-bond acceptors (Lipinski definition) is 5. The second-order valence-corrected chi connectivity index (χ2v) is 6.51. The van der Waals surface area contributed by atoms with Gasteiger partial charge in [0.25, 0.3) is 5.56 Å². The van der Waals surface area contributed by atoms with Gasteiger partial charge in [-0.25, -0.2) is 4.39 Å². The number of pyridine rings is 1. The number of aryl methyl sites for hydroxylation is 1. The summed E-state index contributed by atoms with van der Waals surface area (Å²) in [7, 11) is 0. The molecule has 0 atom stereocenters. The van der Waals surface area contributed by atoms with Gasteiger partial charge in [-0.1, -0.05) is 23.4 Å². The third-order valence-electron chi connectivity index (χ3n) is 4.46. The molecule has 29 heavy (non-hydrogen) atoms. The van der Waals surface area contributed by atoms with E-state index in [1.807, 2.05) is 24.3 Å². The molecule has 1 amide bonds. The molecule has 0 saturated heterocycles. The fraction of sp³-hybridized carbons (Fsp3) is 0.143. The van der Waals surface area contributed by atoms with Crippen molar-refractivity contribution in [3.63, 3.8) is 0 Å². The molecule has 0 bridgehead atoms. The number of benzene rings is 2. The zero-order valence-electron chi connectivity index (χ0n) is 15.3. The number of amides is 1. The quantitative estimate of drug-likeness (QED) is 0.525. The second-order valence-electron chi connectivity index (χ2n) is 6.51. The van der Waals surface area contributed by atoms with Crippen molar-refractivity contribution in [2.75, 3.05) is 0 Å². The SMILES string of the molecule is O=C(CCc1cc2ccccc2[nH]c1=O)NCc1nc(-c2ccc(F)cc2)no1. The van der Waals surface area contributed by atoms with E-state index in [1.54, 1.807) is 18.2 Å². The molecule has 2 N–H and O–H groups in total. The first kappa shape index (κ1) is 18.5. The van der Waals surface area contributed by atoms with Crippen LogP contribution in [0.3, 0.4) is 0 Å². The summed E-state index contributed by atoms with van der Waals surface area (Å²) in [5.74, 6) is -0.0350. The van der Waals surface area contributed by atoms with Crippen LogP contribution >= 0.6 is 0 Å². The van der Waals surface area contributed by atoms with Crippen LogP contribution in [-0.2, 0) is 17.8 Å². The molecular formula is C21H17FN4O3. The van der Waals surface area contributed by atoms with E-state index in [2.05, 4.69) is 20.4 Å². The van der Waals surface area contributed by atoms with E-state index in [0.717, 1.165) is 10.9 Å². The minimum Gasteiger partial charge on any atom is -0.347 e. The van der Waals surface area contributed by atoms with Crippen molar-refractivity contribution in [3.05, 3.63) is 82.2 Å². The van der Waals surface area contributed by atoms with Gasteiger partial charge in [0.2, 0.25) is 17.6 Å². The lowest BCUT2D eigenvalue weighted by Gasteiger charge is -2.04. The third-order valence-corrected chi connectivity index (χ3v) is 4.46. The number of rotatable bonds is 6. The van der Waals surface area contributed by atoms with Crippen molar-refractivity contribution in [3.8, 4) is 11.4 Å². The van der Waals surface area contributed by atoms with Crippen LogP contribution in [0.2, 0.25) is 0 Å². The van der Waals surface area contributed by atoms with E-state index in [9.17, 15) is 14.0 Å². The zero-order valence-corrected chi connectivity index (χ0v) is 15.3. The Morgan fingerprint density at radius 1 is 1.14 bits per heavy atom. The molecular weight excluding hydrogens is 375 g/mol. The van der Waals surface area contributed by atoms with Crippen LogP contribution in [0, 0.1) is 5.82 Å². The highest BCUT2D eigenvalue weighted by Crippen LogP contribution is 2.16. The molecule has 0 aliphatic carbocycles. The van der Waals surface area contributed by atoms with E-state index in [-0.39, 0.29) is 36.1 Å². The van der Waals surface area contributed by atoms with Gasteiger partial charge in [-0.15, -0.1) is 0 Å². The Morgan fingerprint density at radius 2 is 1.93 bits per heavy atom. The number of nitrogens with one attached hydrogen (secondary N) is 2. The summed E-state index contributed by atoms with van der Waals surface area (Å²) in [4.78, 5) is 31.3. The maximum Gasteiger partial charge on any atom is 0.251 e. The molecule has 7 nitrogen and oxygen atoms in total. The van der Waals surface area contributed by atoms with Crippen molar-refractivity contribution in [2.45, 2.75) is 19.4 Å². The fourth-order valence-corrected chi connectivity index (χ4v) is 2.93. The molecule has 0 aliphatic rings. The number of hydrogen-bond donors (Lipinski definition) is 2. The summed E-state index contributed by atoms with van der Waals surface area (Å²) in [6.07, 6.45) is 0.469. The normalized spacial score (nSPS) is 10.9. The van der Waals surface area contributed by atoms with Crippen LogP contribution in [0.1, 0.15) is 17.9 Å². The molecule has 0 spiro atoms. The average Bonchev–Trinajstić information content (AvgIpc) is 3.20. The highest BCUT2D eigenvalue weighted by Gasteiger charge is 2.11. The smallest absolute Gasteiger partial charge is 0.251 e. The first-order chi connectivity index (χ1) is 14.1. The van der Waals surface area contributed by atoms with Gasteiger partial charge in [0, 0.05) is 23.1 Å². The summed E-state index contributed by atoms with van der Waals surface area (Å²) in [6.45, 7) is 0.0705. The molecule has 0 unspecified atom stereocenters. The van der Waals surface area contributed by atoms with Gasteiger partial charge in [-0.2, -0.15) is 4.98 Å². The van der Waals surface area contributed by atoms with E-state index in [1.165, 1.54) is 12.1 Å². The van der Waals surface area contributed by atoms with Gasteiger partial charge in [0.1, 0.15) is 5.82 Å². The summed E-state index contributed by atoms with van der Waals surface area (Å²) >= 11 is 0. The maximum atomic E-state index is 13.0. The van der Waals surface area contributed by atoms with Crippen molar-refractivity contribution in [2.24, 2.45) is 0 Å². The van der Waals surface area contributed by atoms with Gasteiger partial charge in [0.05, 0.1) is 6.54 Å². The highest BCUT2D eigenvalue weighted by molar-refractivity contribution is 5.79. The topological polar surface area (TPSA) is 101 Å². The number of nitrogens with zero attached hydrogens (tertiary/aromatic N) is 2. The fourth-order valence-electron chi connectivity index (χ4n) is 2.93. The molecule has 0 radical (unpaired) electrons. The summed E-state index contributed by atoms with van der Waals surface area (Å²) in [5.41, 5.74) is 1.73. The molecule has 0 saturated carbocycles. The van der Waals surface area contributed by atoms with Crippen LogP contribution in [0.15, 0.2) is 63.9 Å². The van der Waals surface area contributed by atoms with Gasteiger partial charge in [0.15, 0.2) is 0 Å². The zero-order chi connectivity index (χ0) is 20.2. The molecule has 0 fully saturated rings. The predicted octanol–water partition coefficient (Wildman–Crippen LogP) is 2.97. The minimum atomic E-state index is -0.352. The number of carbonyl (C=O) groups excluding carboxylic acids is 1. The second kappa shape index (κ2) is 8.05. The molecule has 146 valence electrons. The van der Waals surface area contributed by atoms with Crippen LogP contribution in [0.25, 0.3) is 22.3 Å². The Balaban J connectivity index is 1.33. The van der Waals surface area contributed by atoms with Crippen molar-refractivity contribution >= 4 is 16.8 Å². The van der Waals surface area contributed by atoms with Gasteiger partial charge in [-0.3, -0.25) is 9.59 Å². The lowest BCUT2D eigenvalue weighted by atomic mass is 10.1. The summed E-state index contributed by atoms with van der Waals surface area (Å²) in [5, 5.41) is 7.43. The van der Waals surface area contributed by atoms with Crippen molar-refractivity contribution in [1.82, 2.24) is 20.4 Å². The van der Waals surface area contributed by atoms with Crippen LogP contribution < -0.4 is 10.9 Å². The molecule has 4 rings (SSSR count). The lowest BCUT2D eigenvalue weighted by Crippen LogP contribution is -2.24. The standard InChI is InChI=1S/C21H17FN4O3/c22-16-8-5-13(6-9-16)20-25-19(29-26-20)12-23-18(27)10-7-15-11-14-3-1-2-4-17(14)24-21(15)28/h1-6,8-9,11H,7,10,12H2,(H,23,27)(H,24,28). The molecule has 2 heterocycles. The van der Waals surface area contributed by atoms with Crippen LogP contribution in [0.4, 0.5) is 4.39 Å². The number of para-hydroxylation sites is 1. The highest BCUT2D eigenvalue weighted by atomic mass is 19.1. The van der Waals surface area contributed by atoms with E-state index < -0.39 is 0 Å². The number of carbonyl (C=O) groups is 1. The lowest BCUT2D eigenvalue weighted by molar-refractivity contribution is -0.121. The Morgan fingerprint density at radius 3 is 2.76 bits per heavy atom. The maximum absolute atomic E-state index is 13.0. The van der Waals surface area contributed by atoms with Crippen LogP contribution in [-0.4, -0.2) is 21.0 Å². The van der Waals surface area contributed by atoms with Gasteiger partial charge in [-0.05, 0) is 48.2 Å². The van der Waals surface area contributed by atoms with Crippen molar-refractivity contribution < 1.29 is 13.7 Å². The van der Waals surface area contributed by atoms with Crippen LogP contribution in [0.5, 0.6) is 0 Å². The monoisotopic (exact) mass is 392 g/mol. The molecule has 4 aromatic rings. The number of aromatic nitrogens is 3. The molecule has 2 aromatic carbocycles. The molecule has 8 heteroatoms. The Kier molecular flexibility index (Phi) is 5.15. The third kappa shape index (κ3) is 4.37. The number of aromatic amines is 1. The number of H-pyrrole nitrogens is 1. The average molecular weight is 392 g/mol. The minimum absolute atomic E-state index is 0.0705. The predicted molar refractivity (Wildman–Crippen MR) is 104 cm³/mol. The Hall–Kier alpha value is -3.81. The van der Waals surface area contributed by atoms with E-state index in [0.29, 0.717) is 23.4 Å². The molecule has 2 aromatic heterocycles. The van der Waals surface area contributed by atoms with Gasteiger partial charge < -0.3 is 14.8 Å². The largest absolute Gasteiger partial charge is 0.347 e.